The van der Waals surface area contributed by atoms with Gasteiger partial charge in [-0.2, -0.15) is 11.8 Å². The van der Waals surface area contributed by atoms with Gasteiger partial charge in [0.2, 0.25) is 0 Å². The molecule has 0 unspecified atom stereocenters. The Kier molecular flexibility index (Phi) is 5.35. The van der Waals surface area contributed by atoms with Gasteiger partial charge in [0, 0.05) is 12.6 Å². The Labute approximate surface area is 148 Å². The highest BCUT2D eigenvalue weighted by Gasteiger charge is 2.37. The molecular weight excluding hydrogens is 322 g/mol. The second-order valence-electron chi connectivity index (χ2n) is 7.00. The van der Waals surface area contributed by atoms with Gasteiger partial charge in [-0.15, -0.1) is 0 Å². The molecular formula is C18H27N3O2S. The molecule has 3 rings (SSSR count). The van der Waals surface area contributed by atoms with Crippen LogP contribution in [0.5, 0.6) is 0 Å². The molecule has 24 heavy (non-hydrogen) atoms. The summed E-state index contributed by atoms with van der Waals surface area (Å²) in [5, 5.41) is 13.4. The number of thioether (sulfide) groups is 1. The maximum Gasteiger partial charge on any atom is 0.256 e. The first-order valence-corrected chi connectivity index (χ1v) is 10.00. The summed E-state index contributed by atoms with van der Waals surface area (Å²) in [6.45, 7) is 5.32. The molecule has 1 aromatic rings. The summed E-state index contributed by atoms with van der Waals surface area (Å²) < 4.78 is 0. The number of aromatic nitrogens is 1. The summed E-state index contributed by atoms with van der Waals surface area (Å²) in [5.41, 5.74) is 0.490. The number of pyridine rings is 1. The average Bonchev–Trinajstić information content (AvgIpc) is 2.57. The Hall–Kier alpha value is -1.27. The summed E-state index contributed by atoms with van der Waals surface area (Å²) in [7, 11) is 0. The van der Waals surface area contributed by atoms with Crippen LogP contribution in [0.3, 0.4) is 0 Å². The first-order chi connectivity index (χ1) is 11.5. The van der Waals surface area contributed by atoms with Crippen molar-refractivity contribution in [3.05, 3.63) is 17.8 Å². The zero-order valence-corrected chi connectivity index (χ0v) is 15.4. The fourth-order valence-electron chi connectivity index (χ4n) is 3.53. The van der Waals surface area contributed by atoms with E-state index >= 15 is 0 Å². The highest BCUT2D eigenvalue weighted by atomic mass is 32.2. The number of anilines is 2. The van der Waals surface area contributed by atoms with E-state index in [0.717, 1.165) is 29.4 Å². The van der Waals surface area contributed by atoms with Crippen molar-refractivity contribution in [1.82, 2.24) is 4.98 Å². The number of piperidine rings is 1. The van der Waals surface area contributed by atoms with E-state index in [2.05, 4.69) is 22.1 Å². The predicted octanol–water partition coefficient (Wildman–Crippen LogP) is 2.97. The van der Waals surface area contributed by atoms with Crippen molar-refractivity contribution < 1.29 is 9.90 Å². The summed E-state index contributed by atoms with van der Waals surface area (Å²) >= 11 is 1.78. The number of carbonyl (C=O) groups is 1. The third-order valence-corrected chi connectivity index (χ3v) is 6.11. The van der Waals surface area contributed by atoms with Crippen molar-refractivity contribution in [3.63, 3.8) is 0 Å². The summed E-state index contributed by atoms with van der Waals surface area (Å²) in [4.78, 5) is 19.4. The number of nitrogens with one attached hydrogen (secondary N) is 1. The highest BCUT2D eigenvalue weighted by molar-refractivity contribution is 7.99. The van der Waals surface area contributed by atoms with E-state index in [1.54, 1.807) is 18.0 Å². The van der Waals surface area contributed by atoms with Crippen LogP contribution >= 0.6 is 11.8 Å². The Morgan fingerprint density at radius 3 is 2.83 bits per heavy atom. The van der Waals surface area contributed by atoms with Gasteiger partial charge in [0.05, 0.1) is 11.9 Å². The molecule has 2 aliphatic rings. The fraction of sp³-hybridized carbons (Fsp3) is 0.667. The van der Waals surface area contributed by atoms with Crippen LogP contribution < -0.4 is 10.2 Å². The molecule has 5 nitrogen and oxygen atoms in total. The van der Waals surface area contributed by atoms with Crippen molar-refractivity contribution in [3.8, 4) is 0 Å². The predicted molar refractivity (Wildman–Crippen MR) is 99.8 cm³/mol. The van der Waals surface area contributed by atoms with Crippen LogP contribution in [0.1, 0.15) is 44.6 Å². The monoisotopic (exact) mass is 349 g/mol. The summed E-state index contributed by atoms with van der Waals surface area (Å²) in [6.07, 6.45) is 6.42. The molecule has 6 heteroatoms. The topological polar surface area (TPSA) is 65.5 Å². The zero-order valence-electron chi connectivity index (χ0n) is 14.5. The number of aliphatic hydroxyl groups is 1. The van der Waals surface area contributed by atoms with Crippen molar-refractivity contribution in [2.75, 3.05) is 28.3 Å². The Bertz CT molecular complexity index is 602. The van der Waals surface area contributed by atoms with E-state index in [4.69, 9.17) is 0 Å². The minimum Gasteiger partial charge on any atom is -0.380 e. The number of nitrogens with zero attached hydrogens (tertiary/aromatic N) is 2. The van der Waals surface area contributed by atoms with Gasteiger partial charge in [-0.25, -0.2) is 4.98 Å². The molecule has 2 N–H and O–H groups in total. The van der Waals surface area contributed by atoms with Gasteiger partial charge in [-0.1, -0.05) is 0 Å². The van der Waals surface area contributed by atoms with Gasteiger partial charge in [0.25, 0.3) is 5.91 Å². The van der Waals surface area contributed by atoms with E-state index in [1.807, 2.05) is 13.0 Å². The molecule has 0 saturated carbocycles. The maximum atomic E-state index is 12.4. The van der Waals surface area contributed by atoms with Gasteiger partial charge >= 0.3 is 0 Å². The SMILES string of the molecule is Cc1cc(NC(=O)C2(O)CCSCC2)cnc1N1CCCC[C@@H]1C. The molecule has 1 amide bonds. The van der Waals surface area contributed by atoms with Crippen molar-refractivity contribution in [2.24, 2.45) is 0 Å². The highest BCUT2D eigenvalue weighted by Crippen LogP contribution is 2.30. The first-order valence-electron chi connectivity index (χ1n) is 8.84. The van der Waals surface area contributed by atoms with Gasteiger partial charge < -0.3 is 15.3 Å². The van der Waals surface area contributed by atoms with E-state index in [0.29, 0.717) is 24.6 Å². The van der Waals surface area contributed by atoms with Crippen molar-refractivity contribution in [1.29, 1.82) is 0 Å². The largest absolute Gasteiger partial charge is 0.380 e. The molecule has 0 spiro atoms. The Morgan fingerprint density at radius 1 is 1.42 bits per heavy atom. The quantitative estimate of drug-likeness (QED) is 0.878. The summed E-state index contributed by atoms with van der Waals surface area (Å²) in [5.74, 6) is 2.36. The minimum absolute atomic E-state index is 0.303. The Balaban J connectivity index is 1.71. The standard InChI is InChI=1S/C18H27N3O2S/c1-13-11-15(20-17(22)18(23)6-9-24-10-7-18)12-19-16(13)21-8-4-3-5-14(21)2/h11-12,14,23H,3-10H2,1-2H3,(H,20,22)/t14-/m0/s1. The maximum absolute atomic E-state index is 12.4. The second-order valence-corrected chi connectivity index (χ2v) is 8.23. The average molecular weight is 350 g/mol. The lowest BCUT2D eigenvalue weighted by Gasteiger charge is -2.35. The van der Waals surface area contributed by atoms with Crippen LogP contribution in [0, 0.1) is 6.92 Å². The van der Waals surface area contributed by atoms with Gasteiger partial charge in [0.15, 0.2) is 0 Å². The van der Waals surface area contributed by atoms with E-state index in [1.165, 1.54) is 19.3 Å². The number of hydrogen-bond acceptors (Lipinski definition) is 5. The molecule has 3 heterocycles. The van der Waals surface area contributed by atoms with E-state index in [9.17, 15) is 9.90 Å². The van der Waals surface area contributed by atoms with Gasteiger partial charge in [-0.05, 0) is 69.1 Å². The number of carbonyl (C=O) groups excluding carboxylic acids is 1. The fourth-order valence-corrected chi connectivity index (χ4v) is 4.70. The summed E-state index contributed by atoms with van der Waals surface area (Å²) in [6, 6.07) is 2.47. The molecule has 132 valence electrons. The van der Waals surface area contributed by atoms with Gasteiger partial charge in [-0.3, -0.25) is 4.79 Å². The van der Waals surface area contributed by atoms with Crippen LogP contribution in [-0.4, -0.2) is 45.7 Å². The van der Waals surface area contributed by atoms with Crippen LogP contribution in [0.4, 0.5) is 11.5 Å². The first kappa shape index (κ1) is 17.5. The number of aryl methyl sites for hydroxylation is 1. The lowest BCUT2D eigenvalue weighted by Crippen LogP contribution is -2.45. The Morgan fingerprint density at radius 2 is 2.17 bits per heavy atom. The zero-order chi connectivity index (χ0) is 17.2. The van der Waals surface area contributed by atoms with Crippen molar-refractivity contribution >= 4 is 29.2 Å². The molecule has 0 bridgehead atoms. The molecule has 1 aromatic heterocycles. The molecule has 0 radical (unpaired) electrons. The smallest absolute Gasteiger partial charge is 0.256 e. The normalized spacial score (nSPS) is 23.8. The third kappa shape index (κ3) is 3.70. The number of hydrogen-bond donors (Lipinski definition) is 2. The molecule has 0 aliphatic carbocycles. The van der Waals surface area contributed by atoms with Crippen LogP contribution in [0.2, 0.25) is 0 Å². The van der Waals surface area contributed by atoms with Crippen LogP contribution in [0.25, 0.3) is 0 Å². The molecule has 2 fully saturated rings. The van der Waals surface area contributed by atoms with Crippen LogP contribution in [0.15, 0.2) is 12.3 Å². The second kappa shape index (κ2) is 7.31. The van der Waals surface area contributed by atoms with E-state index in [-0.39, 0.29) is 5.91 Å². The number of rotatable bonds is 3. The lowest BCUT2D eigenvalue weighted by molar-refractivity contribution is -0.134. The molecule has 2 aliphatic heterocycles. The minimum atomic E-state index is -1.24. The van der Waals surface area contributed by atoms with Gasteiger partial charge in [0.1, 0.15) is 11.4 Å². The van der Waals surface area contributed by atoms with Crippen LogP contribution in [-0.2, 0) is 4.79 Å². The van der Waals surface area contributed by atoms with Crippen molar-refractivity contribution in [2.45, 2.75) is 57.6 Å². The molecule has 2 saturated heterocycles. The third-order valence-electron chi connectivity index (χ3n) is 5.13. The van der Waals surface area contributed by atoms with E-state index < -0.39 is 5.60 Å². The lowest BCUT2D eigenvalue weighted by atomic mass is 9.95. The molecule has 1 atom stereocenters. The molecule has 0 aromatic carbocycles. The number of amides is 1.